The number of aromatic nitrogens is 1. The quantitative estimate of drug-likeness (QED) is 0.297. The second-order valence-corrected chi connectivity index (χ2v) is 9.96. The molecule has 1 fully saturated rings. The summed E-state index contributed by atoms with van der Waals surface area (Å²) in [7, 11) is 0. The van der Waals surface area contributed by atoms with Gasteiger partial charge in [-0.1, -0.05) is 61.5 Å². The number of hydrogen-bond donors (Lipinski definition) is 2. The van der Waals surface area contributed by atoms with Crippen molar-refractivity contribution in [3.63, 3.8) is 0 Å². The lowest BCUT2D eigenvalue weighted by molar-refractivity contribution is -0.122. The summed E-state index contributed by atoms with van der Waals surface area (Å²) in [6.07, 6.45) is 4.57. The predicted octanol–water partition coefficient (Wildman–Crippen LogP) is 6.31. The first-order valence-corrected chi connectivity index (χ1v) is 13.1. The molecular formula is C31H33F2N3O. The largest absolute Gasteiger partial charge is 0.361 e. The van der Waals surface area contributed by atoms with E-state index in [1.54, 1.807) is 0 Å². The SMILES string of the molecule is CCc1cccc2c(C(CC(=O)NC3CCN(Cc4ccccc4)CC3)c3ccc(F)cc3F)c[nH]c12. The van der Waals surface area contributed by atoms with Crippen LogP contribution >= 0.6 is 0 Å². The van der Waals surface area contributed by atoms with Crippen LogP contribution in [0.4, 0.5) is 8.78 Å². The van der Waals surface area contributed by atoms with Gasteiger partial charge in [0.25, 0.3) is 0 Å². The minimum absolute atomic E-state index is 0.0906. The average molecular weight is 502 g/mol. The van der Waals surface area contributed by atoms with E-state index >= 15 is 0 Å². The summed E-state index contributed by atoms with van der Waals surface area (Å²) >= 11 is 0. The summed E-state index contributed by atoms with van der Waals surface area (Å²) in [5.41, 5.74) is 4.63. The molecule has 192 valence electrons. The molecule has 6 heteroatoms. The van der Waals surface area contributed by atoms with Crippen LogP contribution in [0.2, 0.25) is 0 Å². The Kier molecular flexibility index (Phi) is 7.65. The van der Waals surface area contributed by atoms with Crippen molar-refractivity contribution in [1.29, 1.82) is 0 Å². The first-order chi connectivity index (χ1) is 18.0. The number of piperidine rings is 1. The van der Waals surface area contributed by atoms with E-state index in [-0.39, 0.29) is 18.4 Å². The van der Waals surface area contributed by atoms with Gasteiger partial charge in [-0.15, -0.1) is 0 Å². The summed E-state index contributed by atoms with van der Waals surface area (Å²) < 4.78 is 28.7. The van der Waals surface area contributed by atoms with E-state index in [2.05, 4.69) is 52.5 Å². The molecule has 1 unspecified atom stereocenters. The molecular weight excluding hydrogens is 468 g/mol. The molecule has 2 heterocycles. The number of aromatic amines is 1. The van der Waals surface area contributed by atoms with Crippen LogP contribution in [0.15, 0.2) is 72.9 Å². The van der Waals surface area contributed by atoms with Crippen molar-refractivity contribution in [1.82, 2.24) is 15.2 Å². The Hall–Kier alpha value is -3.51. The number of nitrogens with one attached hydrogen (secondary N) is 2. The molecule has 5 rings (SSSR count). The highest BCUT2D eigenvalue weighted by Gasteiger charge is 2.27. The number of likely N-dealkylation sites (tertiary alicyclic amines) is 1. The van der Waals surface area contributed by atoms with E-state index in [4.69, 9.17) is 0 Å². The molecule has 37 heavy (non-hydrogen) atoms. The van der Waals surface area contributed by atoms with Crippen molar-refractivity contribution in [2.45, 2.75) is 51.1 Å². The third-order valence-corrected chi connectivity index (χ3v) is 7.52. The number of para-hydroxylation sites is 1. The van der Waals surface area contributed by atoms with E-state index < -0.39 is 17.6 Å². The number of hydrogen-bond acceptors (Lipinski definition) is 2. The van der Waals surface area contributed by atoms with Gasteiger partial charge in [-0.3, -0.25) is 9.69 Å². The number of nitrogens with zero attached hydrogens (tertiary/aromatic N) is 1. The average Bonchev–Trinajstić information content (AvgIpc) is 3.34. The van der Waals surface area contributed by atoms with Crippen LogP contribution in [0.5, 0.6) is 0 Å². The van der Waals surface area contributed by atoms with Gasteiger partial charge in [-0.2, -0.15) is 0 Å². The molecule has 1 amide bonds. The van der Waals surface area contributed by atoms with Crippen LogP contribution < -0.4 is 5.32 Å². The second kappa shape index (κ2) is 11.3. The Labute approximate surface area is 216 Å². The van der Waals surface area contributed by atoms with Gasteiger partial charge >= 0.3 is 0 Å². The van der Waals surface area contributed by atoms with Crippen LogP contribution in [0.3, 0.4) is 0 Å². The van der Waals surface area contributed by atoms with E-state index in [0.717, 1.165) is 67.0 Å². The smallest absolute Gasteiger partial charge is 0.221 e. The number of rotatable bonds is 8. The molecule has 1 aliphatic heterocycles. The van der Waals surface area contributed by atoms with Gasteiger partial charge in [0, 0.05) is 61.2 Å². The molecule has 0 aliphatic carbocycles. The minimum atomic E-state index is -0.631. The van der Waals surface area contributed by atoms with E-state index in [1.165, 1.54) is 17.7 Å². The molecule has 0 radical (unpaired) electrons. The molecule has 1 saturated heterocycles. The van der Waals surface area contributed by atoms with Crippen LogP contribution in [-0.2, 0) is 17.8 Å². The molecule has 4 nitrogen and oxygen atoms in total. The number of carbonyl (C=O) groups excluding carboxylic acids is 1. The van der Waals surface area contributed by atoms with Crippen LogP contribution in [0.25, 0.3) is 10.9 Å². The van der Waals surface area contributed by atoms with E-state index in [9.17, 15) is 13.6 Å². The zero-order valence-electron chi connectivity index (χ0n) is 21.1. The highest BCUT2D eigenvalue weighted by Crippen LogP contribution is 2.36. The second-order valence-electron chi connectivity index (χ2n) is 9.96. The topological polar surface area (TPSA) is 48.1 Å². The molecule has 4 aromatic rings. The molecule has 0 saturated carbocycles. The number of benzene rings is 3. The number of amides is 1. The van der Waals surface area contributed by atoms with Crippen molar-refractivity contribution in [2.24, 2.45) is 0 Å². The summed E-state index contributed by atoms with van der Waals surface area (Å²) in [4.78, 5) is 19.0. The van der Waals surface area contributed by atoms with Crippen molar-refractivity contribution in [2.75, 3.05) is 13.1 Å². The maximum atomic E-state index is 15.0. The summed E-state index contributed by atoms with van der Waals surface area (Å²) in [6.45, 7) is 4.83. The third kappa shape index (κ3) is 5.75. The Bertz CT molecular complexity index is 1360. The highest BCUT2D eigenvalue weighted by atomic mass is 19.1. The Morgan fingerprint density at radius 3 is 2.54 bits per heavy atom. The van der Waals surface area contributed by atoms with E-state index in [0.29, 0.717) is 5.56 Å². The number of carbonyl (C=O) groups is 1. The predicted molar refractivity (Wildman–Crippen MR) is 143 cm³/mol. The van der Waals surface area contributed by atoms with Crippen LogP contribution in [-0.4, -0.2) is 34.9 Å². The highest BCUT2D eigenvalue weighted by molar-refractivity contribution is 5.88. The summed E-state index contributed by atoms with van der Waals surface area (Å²) in [5.74, 6) is -1.90. The fraction of sp³-hybridized carbons (Fsp3) is 0.323. The number of aryl methyl sites for hydroxylation is 1. The molecule has 1 aliphatic rings. The molecule has 3 aromatic carbocycles. The normalized spacial score (nSPS) is 15.6. The maximum Gasteiger partial charge on any atom is 0.221 e. The molecule has 1 aromatic heterocycles. The first-order valence-electron chi connectivity index (χ1n) is 13.1. The summed E-state index contributed by atoms with van der Waals surface area (Å²) in [5, 5.41) is 4.16. The molecule has 0 bridgehead atoms. The standard InChI is InChI=1S/C31H33F2N3O/c1-2-22-9-6-10-26-28(19-34-31(22)26)27(25-12-11-23(32)17-29(25)33)18-30(37)35-24-13-15-36(16-14-24)20-21-7-4-3-5-8-21/h3-12,17,19,24,27,34H,2,13-16,18,20H2,1H3,(H,35,37). The van der Waals surface area contributed by atoms with Crippen molar-refractivity contribution >= 4 is 16.8 Å². The first kappa shape index (κ1) is 25.2. The van der Waals surface area contributed by atoms with Gasteiger partial charge in [-0.05, 0) is 47.6 Å². The zero-order chi connectivity index (χ0) is 25.8. The number of H-pyrrole nitrogens is 1. The van der Waals surface area contributed by atoms with E-state index in [1.807, 2.05) is 24.4 Å². The monoisotopic (exact) mass is 501 g/mol. The number of fused-ring (bicyclic) bond motifs is 1. The van der Waals surface area contributed by atoms with Gasteiger partial charge in [0.05, 0.1) is 0 Å². The Morgan fingerprint density at radius 2 is 1.81 bits per heavy atom. The van der Waals surface area contributed by atoms with Crippen molar-refractivity contribution < 1.29 is 13.6 Å². The van der Waals surface area contributed by atoms with Crippen molar-refractivity contribution in [3.8, 4) is 0 Å². The van der Waals surface area contributed by atoms with Gasteiger partial charge < -0.3 is 10.3 Å². The molecule has 2 N–H and O–H groups in total. The molecule has 1 atom stereocenters. The minimum Gasteiger partial charge on any atom is -0.361 e. The molecule has 0 spiro atoms. The van der Waals surface area contributed by atoms with Crippen LogP contribution in [0.1, 0.15) is 54.4 Å². The lowest BCUT2D eigenvalue weighted by Gasteiger charge is -2.32. The lowest BCUT2D eigenvalue weighted by atomic mass is 9.87. The maximum absolute atomic E-state index is 15.0. The van der Waals surface area contributed by atoms with Crippen LogP contribution in [0, 0.1) is 11.6 Å². The fourth-order valence-corrected chi connectivity index (χ4v) is 5.54. The van der Waals surface area contributed by atoms with Gasteiger partial charge in [0.2, 0.25) is 5.91 Å². The van der Waals surface area contributed by atoms with Gasteiger partial charge in [0.1, 0.15) is 11.6 Å². The zero-order valence-corrected chi connectivity index (χ0v) is 21.1. The number of halogens is 2. The van der Waals surface area contributed by atoms with Gasteiger partial charge in [0.15, 0.2) is 0 Å². The third-order valence-electron chi connectivity index (χ3n) is 7.52. The lowest BCUT2D eigenvalue weighted by Crippen LogP contribution is -2.44. The van der Waals surface area contributed by atoms with Crippen molar-refractivity contribution in [3.05, 3.63) is 107 Å². The summed E-state index contributed by atoms with van der Waals surface area (Å²) in [6, 6.07) is 20.2. The Morgan fingerprint density at radius 1 is 1.03 bits per heavy atom. The van der Waals surface area contributed by atoms with Gasteiger partial charge in [-0.25, -0.2) is 8.78 Å². The Balaban J connectivity index is 1.31. The fourth-order valence-electron chi connectivity index (χ4n) is 5.54.